The van der Waals surface area contributed by atoms with Crippen molar-refractivity contribution < 1.29 is 23.1 Å². The summed E-state index contributed by atoms with van der Waals surface area (Å²) in [7, 11) is 0. The van der Waals surface area contributed by atoms with E-state index in [9.17, 15) is 9.18 Å². The van der Waals surface area contributed by atoms with Crippen molar-refractivity contribution in [2.75, 3.05) is 6.61 Å². The first-order chi connectivity index (χ1) is 17.0. The summed E-state index contributed by atoms with van der Waals surface area (Å²) < 4.78 is 30.4. The van der Waals surface area contributed by atoms with Gasteiger partial charge in [0.2, 0.25) is 0 Å². The molecule has 0 amide bonds. The van der Waals surface area contributed by atoms with E-state index in [1.807, 2.05) is 60.7 Å². The van der Waals surface area contributed by atoms with Gasteiger partial charge in [-0.25, -0.2) is 4.39 Å². The van der Waals surface area contributed by atoms with Gasteiger partial charge in [-0.05, 0) is 53.4 Å². The molecular weight excluding hydrogens is 447 g/mol. The lowest BCUT2D eigenvalue weighted by atomic mass is 9.98. The van der Waals surface area contributed by atoms with E-state index in [0.717, 1.165) is 44.3 Å². The fourth-order valence-electron chi connectivity index (χ4n) is 4.07. The van der Waals surface area contributed by atoms with Crippen LogP contribution < -0.4 is 16.2 Å². The first kappa shape index (κ1) is 24.4. The number of alkyl halides is 1. The summed E-state index contributed by atoms with van der Waals surface area (Å²) in [6, 6.07) is 19.1. The lowest BCUT2D eigenvalue weighted by Crippen LogP contribution is -2.15. The largest absolute Gasteiger partial charge is 0.489 e. The number of hydrogen-bond donors (Lipinski definition) is 2. The number of carbonyl (C=O) groups is 1. The Labute approximate surface area is 203 Å². The van der Waals surface area contributed by atoms with E-state index in [1.54, 1.807) is 13.2 Å². The van der Waals surface area contributed by atoms with Gasteiger partial charge in [-0.3, -0.25) is 4.79 Å². The van der Waals surface area contributed by atoms with Crippen LogP contribution >= 0.6 is 0 Å². The number of carbonyl (C=O) groups excluding carboxylic acids is 1. The minimum Gasteiger partial charge on any atom is -0.489 e. The number of halogens is 1. The molecule has 6 nitrogen and oxygen atoms in total. The first-order valence-electron chi connectivity index (χ1n) is 11.6. The predicted octanol–water partition coefficient (Wildman–Crippen LogP) is 5.04. The Hall–Kier alpha value is -3.68. The molecule has 3 aromatic carbocycles. The SMILES string of the molecule is CCOC(=O)Cc1ccc(CN)cc1OCc1cc(-c2cccc(C[C@@H](N)F)c2)c2occc2c1. The highest BCUT2D eigenvalue weighted by atomic mass is 19.1. The Balaban J connectivity index is 1.64. The summed E-state index contributed by atoms with van der Waals surface area (Å²) in [6.07, 6.45) is 0.478. The third kappa shape index (κ3) is 6.07. The number of nitrogens with two attached hydrogens (primary N) is 2. The molecule has 0 radical (unpaired) electrons. The molecule has 0 aliphatic rings. The molecule has 4 aromatic rings. The molecule has 0 aliphatic carbocycles. The summed E-state index contributed by atoms with van der Waals surface area (Å²) in [5, 5.41) is 0.927. The van der Waals surface area contributed by atoms with Gasteiger partial charge < -0.3 is 25.4 Å². The van der Waals surface area contributed by atoms with Crippen molar-refractivity contribution in [1.29, 1.82) is 0 Å². The summed E-state index contributed by atoms with van der Waals surface area (Å²) in [5.41, 5.74) is 17.0. The summed E-state index contributed by atoms with van der Waals surface area (Å²) in [4.78, 5) is 12.1. The van der Waals surface area contributed by atoms with Crippen LogP contribution in [0.1, 0.15) is 29.2 Å². The van der Waals surface area contributed by atoms with Crippen molar-refractivity contribution in [2.24, 2.45) is 11.5 Å². The van der Waals surface area contributed by atoms with Crippen LogP contribution in [-0.2, 0) is 35.5 Å². The van der Waals surface area contributed by atoms with E-state index in [4.69, 9.17) is 25.4 Å². The van der Waals surface area contributed by atoms with E-state index in [0.29, 0.717) is 18.9 Å². The Bertz CT molecular complexity index is 1320. The van der Waals surface area contributed by atoms with Gasteiger partial charge in [0.1, 0.15) is 17.9 Å². The lowest BCUT2D eigenvalue weighted by molar-refractivity contribution is -0.142. The summed E-state index contributed by atoms with van der Waals surface area (Å²) in [5.74, 6) is 0.279. The molecule has 0 aliphatic heterocycles. The maximum Gasteiger partial charge on any atom is 0.310 e. The molecule has 182 valence electrons. The zero-order chi connectivity index (χ0) is 24.8. The van der Waals surface area contributed by atoms with Crippen molar-refractivity contribution in [3.63, 3.8) is 0 Å². The molecule has 4 rings (SSSR count). The number of esters is 1. The van der Waals surface area contributed by atoms with E-state index < -0.39 is 6.30 Å². The zero-order valence-corrected chi connectivity index (χ0v) is 19.6. The van der Waals surface area contributed by atoms with Crippen molar-refractivity contribution in [3.05, 3.63) is 89.2 Å². The van der Waals surface area contributed by atoms with Crippen LogP contribution in [-0.4, -0.2) is 18.9 Å². The molecular formula is C28H29FN2O4. The zero-order valence-electron chi connectivity index (χ0n) is 19.6. The molecule has 0 bridgehead atoms. The molecule has 4 N–H and O–H groups in total. The quantitative estimate of drug-likeness (QED) is 0.246. The Morgan fingerprint density at radius 3 is 2.69 bits per heavy atom. The molecule has 1 aromatic heterocycles. The lowest BCUT2D eigenvalue weighted by Gasteiger charge is -2.14. The highest BCUT2D eigenvalue weighted by molar-refractivity contribution is 5.93. The van der Waals surface area contributed by atoms with Gasteiger partial charge in [0.15, 0.2) is 6.30 Å². The molecule has 7 heteroatoms. The van der Waals surface area contributed by atoms with E-state index >= 15 is 0 Å². The predicted molar refractivity (Wildman–Crippen MR) is 133 cm³/mol. The second-order valence-electron chi connectivity index (χ2n) is 8.32. The normalized spacial score (nSPS) is 12.0. The van der Waals surface area contributed by atoms with Crippen LogP contribution in [0.3, 0.4) is 0 Å². The molecule has 0 saturated heterocycles. The van der Waals surface area contributed by atoms with Crippen molar-refractivity contribution in [2.45, 2.75) is 39.2 Å². The number of fused-ring (bicyclic) bond motifs is 1. The summed E-state index contributed by atoms with van der Waals surface area (Å²) >= 11 is 0. The van der Waals surface area contributed by atoms with Gasteiger partial charge in [-0.1, -0.05) is 36.4 Å². The van der Waals surface area contributed by atoms with Crippen LogP contribution in [0, 0.1) is 0 Å². The van der Waals surface area contributed by atoms with Crippen LogP contribution in [0.5, 0.6) is 5.75 Å². The van der Waals surface area contributed by atoms with Gasteiger partial charge in [0.05, 0.1) is 19.3 Å². The van der Waals surface area contributed by atoms with Gasteiger partial charge in [0, 0.05) is 29.5 Å². The first-order valence-corrected chi connectivity index (χ1v) is 11.6. The second-order valence-corrected chi connectivity index (χ2v) is 8.32. The maximum atomic E-state index is 13.4. The minimum atomic E-state index is -1.42. The number of rotatable bonds is 10. The molecule has 1 atom stereocenters. The number of hydrogen-bond acceptors (Lipinski definition) is 6. The molecule has 0 spiro atoms. The fraction of sp³-hybridized carbons (Fsp3) is 0.250. The molecule has 0 fully saturated rings. The van der Waals surface area contributed by atoms with Gasteiger partial charge in [-0.2, -0.15) is 0 Å². The second kappa shape index (κ2) is 11.2. The third-order valence-corrected chi connectivity index (χ3v) is 5.68. The average Bonchev–Trinajstić information content (AvgIpc) is 3.31. The van der Waals surface area contributed by atoms with Crippen molar-refractivity contribution in [3.8, 4) is 16.9 Å². The molecule has 0 saturated carbocycles. The minimum absolute atomic E-state index is 0.115. The Kier molecular flexibility index (Phi) is 7.80. The van der Waals surface area contributed by atoms with Crippen LogP contribution in [0.15, 0.2) is 71.3 Å². The van der Waals surface area contributed by atoms with Crippen LogP contribution in [0.2, 0.25) is 0 Å². The van der Waals surface area contributed by atoms with E-state index in [-0.39, 0.29) is 25.4 Å². The highest BCUT2D eigenvalue weighted by Crippen LogP contribution is 2.32. The average molecular weight is 477 g/mol. The Morgan fingerprint density at radius 2 is 1.91 bits per heavy atom. The molecule has 1 heterocycles. The van der Waals surface area contributed by atoms with Gasteiger partial charge >= 0.3 is 5.97 Å². The van der Waals surface area contributed by atoms with Crippen molar-refractivity contribution >= 4 is 16.9 Å². The number of benzene rings is 3. The van der Waals surface area contributed by atoms with Crippen molar-refractivity contribution in [1.82, 2.24) is 0 Å². The Morgan fingerprint density at radius 1 is 1.06 bits per heavy atom. The van der Waals surface area contributed by atoms with Gasteiger partial charge in [-0.15, -0.1) is 0 Å². The number of furan rings is 1. The topological polar surface area (TPSA) is 101 Å². The van der Waals surface area contributed by atoms with Crippen LogP contribution in [0.4, 0.5) is 4.39 Å². The number of ether oxygens (including phenoxy) is 2. The third-order valence-electron chi connectivity index (χ3n) is 5.68. The fourth-order valence-corrected chi connectivity index (χ4v) is 4.07. The summed E-state index contributed by atoms with van der Waals surface area (Å²) in [6.45, 7) is 2.73. The van der Waals surface area contributed by atoms with E-state index in [1.165, 1.54) is 0 Å². The van der Waals surface area contributed by atoms with Gasteiger partial charge in [0.25, 0.3) is 0 Å². The molecule has 35 heavy (non-hydrogen) atoms. The maximum absolute atomic E-state index is 13.4. The highest BCUT2D eigenvalue weighted by Gasteiger charge is 2.14. The standard InChI is InChI=1S/C28H29FN2O4/c1-2-33-27(32)15-22-7-6-19(16-30)13-25(22)35-17-20-11-23-8-9-34-28(23)24(12-20)21-5-3-4-18(10-21)14-26(29)31/h3-13,26H,2,14-17,30-31H2,1H3/t26-/m1/s1. The smallest absolute Gasteiger partial charge is 0.310 e. The van der Waals surface area contributed by atoms with Crippen LogP contribution in [0.25, 0.3) is 22.1 Å². The monoisotopic (exact) mass is 476 g/mol. The van der Waals surface area contributed by atoms with E-state index in [2.05, 4.69) is 0 Å². The molecule has 0 unspecified atom stereocenters.